The number of para-hydroxylation sites is 1. The minimum atomic E-state index is 0.0551. The molecule has 2 N–H and O–H groups in total. The lowest BCUT2D eigenvalue weighted by Crippen LogP contribution is -2.51. The Labute approximate surface area is 147 Å². The van der Waals surface area contributed by atoms with Gasteiger partial charge in [0.25, 0.3) is 0 Å². The molecule has 4 nitrogen and oxygen atoms in total. The lowest BCUT2D eigenvalue weighted by Gasteiger charge is -2.33. The van der Waals surface area contributed by atoms with E-state index in [0.29, 0.717) is 0 Å². The Morgan fingerprint density at radius 3 is 2.20 bits per heavy atom. The Bertz CT molecular complexity index is 883. The Kier molecular flexibility index (Phi) is 3.53. The quantitative estimate of drug-likeness (QED) is 0.709. The van der Waals surface area contributed by atoms with Crippen molar-refractivity contribution in [1.82, 2.24) is 0 Å². The van der Waals surface area contributed by atoms with Crippen LogP contribution in [-0.2, 0) is 4.74 Å². The van der Waals surface area contributed by atoms with Crippen molar-refractivity contribution in [2.75, 3.05) is 41.7 Å². The van der Waals surface area contributed by atoms with Gasteiger partial charge in [-0.1, -0.05) is 42.5 Å². The largest absolute Gasteiger partial charge is 0.408 e. The van der Waals surface area contributed by atoms with Gasteiger partial charge < -0.3 is 20.1 Å². The first-order chi connectivity index (χ1) is 12.4. The predicted molar refractivity (Wildman–Crippen MR) is 106 cm³/mol. The van der Waals surface area contributed by atoms with Gasteiger partial charge in [0.2, 0.25) is 0 Å². The first-order valence-electron chi connectivity index (χ1n) is 8.86. The third kappa shape index (κ3) is 2.52. The maximum Gasteiger partial charge on any atom is 0.408 e. The molecule has 2 aliphatic rings. The second-order valence-electron chi connectivity index (χ2n) is 6.59. The Morgan fingerprint density at radius 1 is 0.800 bits per heavy atom. The van der Waals surface area contributed by atoms with E-state index in [9.17, 15) is 0 Å². The van der Waals surface area contributed by atoms with Crippen LogP contribution < -0.4 is 20.8 Å². The number of benzene rings is 3. The molecule has 5 rings (SSSR count). The van der Waals surface area contributed by atoms with Gasteiger partial charge in [0.15, 0.2) is 0 Å². The fourth-order valence-corrected chi connectivity index (χ4v) is 3.91. The molecule has 0 bridgehead atoms. The molecule has 0 aliphatic carbocycles. The first-order valence-corrected chi connectivity index (χ1v) is 8.86. The van der Waals surface area contributed by atoms with Crippen LogP contribution in [0.3, 0.4) is 0 Å². The van der Waals surface area contributed by atoms with Crippen LogP contribution in [0.5, 0.6) is 0 Å². The van der Waals surface area contributed by atoms with E-state index < -0.39 is 0 Å². The summed E-state index contributed by atoms with van der Waals surface area (Å²) in [5.74, 6) is 0. The van der Waals surface area contributed by atoms with Gasteiger partial charge in [0.1, 0.15) is 0 Å². The van der Waals surface area contributed by atoms with Crippen molar-refractivity contribution in [3.8, 4) is 0 Å². The maximum atomic E-state index is 5.52. The van der Waals surface area contributed by atoms with Crippen LogP contribution in [-0.4, -0.2) is 33.3 Å². The molecule has 124 valence electrons. The number of anilines is 3. The summed E-state index contributed by atoms with van der Waals surface area (Å²) < 4.78 is 5.52. The molecule has 3 aromatic carbocycles. The molecule has 5 heteroatoms. The van der Waals surface area contributed by atoms with E-state index in [0.717, 1.165) is 26.3 Å². The van der Waals surface area contributed by atoms with E-state index in [-0.39, 0.29) is 6.98 Å². The second-order valence-corrected chi connectivity index (χ2v) is 6.59. The molecular formula is C20H20BN3O. The van der Waals surface area contributed by atoms with E-state index in [2.05, 4.69) is 76.0 Å². The lowest BCUT2D eigenvalue weighted by atomic mass is 9.65. The molecule has 0 amide bonds. The highest BCUT2D eigenvalue weighted by atomic mass is 16.5. The second kappa shape index (κ2) is 6.01. The van der Waals surface area contributed by atoms with Crippen molar-refractivity contribution >= 4 is 40.3 Å². The highest BCUT2D eigenvalue weighted by Gasteiger charge is 2.29. The van der Waals surface area contributed by atoms with E-state index >= 15 is 0 Å². The van der Waals surface area contributed by atoms with Gasteiger partial charge in [-0.3, -0.25) is 0 Å². The van der Waals surface area contributed by atoms with Gasteiger partial charge in [0.05, 0.1) is 13.2 Å². The van der Waals surface area contributed by atoms with Crippen LogP contribution in [0.25, 0.3) is 10.8 Å². The van der Waals surface area contributed by atoms with Gasteiger partial charge in [-0.25, -0.2) is 0 Å². The van der Waals surface area contributed by atoms with Crippen molar-refractivity contribution in [2.45, 2.75) is 0 Å². The molecule has 0 spiro atoms. The number of rotatable bonds is 2. The van der Waals surface area contributed by atoms with Gasteiger partial charge in [-0.05, 0) is 29.0 Å². The summed E-state index contributed by atoms with van der Waals surface area (Å²) in [6.07, 6.45) is 0. The van der Waals surface area contributed by atoms with Gasteiger partial charge in [0, 0.05) is 35.5 Å². The molecular weight excluding hydrogens is 309 g/mol. The maximum absolute atomic E-state index is 5.52. The zero-order chi connectivity index (χ0) is 16.6. The number of nitrogens with one attached hydrogen (secondary N) is 2. The molecule has 1 saturated heterocycles. The van der Waals surface area contributed by atoms with E-state index in [4.69, 9.17) is 4.74 Å². The minimum Gasteiger partial charge on any atom is -0.405 e. The van der Waals surface area contributed by atoms with Crippen LogP contribution in [0, 0.1) is 0 Å². The molecule has 0 atom stereocenters. The number of morpholine rings is 1. The summed E-state index contributed by atoms with van der Waals surface area (Å²) in [4.78, 5) is 2.42. The van der Waals surface area contributed by atoms with Gasteiger partial charge >= 0.3 is 6.98 Å². The zero-order valence-corrected chi connectivity index (χ0v) is 14.0. The smallest absolute Gasteiger partial charge is 0.405 e. The number of ether oxygens (including phenoxy) is 1. The number of nitrogens with zero attached hydrogens (tertiary/aromatic N) is 1. The van der Waals surface area contributed by atoms with Crippen LogP contribution in [0.4, 0.5) is 17.1 Å². The number of hydrogen-bond donors (Lipinski definition) is 2. The number of hydrogen-bond acceptors (Lipinski definition) is 4. The van der Waals surface area contributed by atoms with Crippen LogP contribution in [0.15, 0.2) is 60.7 Å². The Balaban J connectivity index is 1.55. The van der Waals surface area contributed by atoms with E-state index in [1.54, 1.807) is 0 Å². The average Bonchev–Trinajstić information content (AvgIpc) is 2.69. The molecule has 25 heavy (non-hydrogen) atoms. The highest BCUT2D eigenvalue weighted by molar-refractivity contribution is 6.81. The zero-order valence-electron chi connectivity index (χ0n) is 14.0. The van der Waals surface area contributed by atoms with Crippen LogP contribution in [0.1, 0.15) is 0 Å². The molecule has 0 saturated carbocycles. The molecule has 0 unspecified atom stereocenters. The van der Waals surface area contributed by atoms with Gasteiger partial charge in [-0.2, -0.15) is 0 Å². The Hall–Kier alpha value is -2.66. The van der Waals surface area contributed by atoms with E-state index in [1.807, 2.05) is 0 Å². The molecule has 1 fully saturated rings. The van der Waals surface area contributed by atoms with Gasteiger partial charge in [-0.15, -0.1) is 0 Å². The normalized spacial score (nSPS) is 16.5. The highest BCUT2D eigenvalue weighted by Crippen LogP contribution is 2.34. The third-order valence-electron chi connectivity index (χ3n) is 5.10. The molecule has 2 aliphatic heterocycles. The Morgan fingerprint density at radius 2 is 1.48 bits per heavy atom. The fourth-order valence-electron chi connectivity index (χ4n) is 3.91. The summed E-state index contributed by atoms with van der Waals surface area (Å²) in [5.41, 5.74) is 4.93. The van der Waals surface area contributed by atoms with Crippen molar-refractivity contribution in [3.63, 3.8) is 0 Å². The summed E-state index contributed by atoms with van der Waals surface area (Å²) in [6.45, 7) is 3.52. The van der Waals surface area contributed by atoms with Crippen molar-refractivity contribution in [2.24, 2.45) is 0 Å². The summed E-state index contributed by atoms with van der Waals surface area (Å²) in [6, 6.07) is 21.5. The SMILES string of the molecule is c1ccc(N2CCOCC2)c(B2Nc3cccc4cccc(c34)N2)c1. The van der Waals surface area contributed by atoms with Crippen molar-refractivity contribution in [3.05, 3.63) is 60.7 Å². The molecule has 2 heterocycles. The third-order valence-corrected chi connectivity index (χ3v) is 5.10. The molecule has 3 aromatic rings. The molecule has 0 radical (unpaired) electrons. The lowest BCUT2D eigenvalue weighted by molar-refractivity contribution is 0.123. The van der Waals surface area contributed by atoms with Crippen molar-refractivity contribution in [1.29, 1.82) is 0 Å². The molecule has 0 aromatic heterocycles. The van der Waals surface area contributed by atoms with Crippen molar-refractivity contribution < 1.29 is 4.74 Å². The fraction of sp³-hybridized carbons (Fsp3) is 0.200. The summed E-state index contributed by atoms with van der Waals surface area (Å²) in [7, 11) is 0. The summed E-state index contributed by atoms with van der Waals surface area (Å²) >= 11 is 0. The standard InChI is InChI=1S/C20H20BN3O/c1-2-10-19(24-11-13-25-14-12-24)16(7-1)21-22-17-8-3-5-15-6-4-9-18(23-21)20(15)17/h1-10,22-23H,11-14H2. The minimum absolute atomic E-state index is 0.0551. The first kappa shape index (κ1) is 14.7. The predicted octanol–water partition coefficient (Wildman–Crippen LogP) is 2.91. The van der Waals surface area contributed by atoms with Crippen LogP contribution >= 0.6 is 0 Å². The van der Waals surface area contributed by atoms with E-state index in [1.165, 1.54) is 33.3 Å². The monoisotopic (exact) mass is 329 g/mol. The van der Waals surface area contributed by atoms with Crippen LogP contribution in [0.2, 0.25) is 0 Å². The topological polar surface area (TPSA) is 36.5 Å². The average molecular weight is 329 g/mol. The summed E-state index contributed by atoms with van der Waals surface area (Å²) in [5, 5.41) is 9.90.